The van der Waals surface area contributed by atoms with E-state index in [1.807, 2.05) is 0 Å². The lowest BCUT2D eigenvalue weighted by Gasteiger charge is -2.03. The number of hydrogen-bond acceptors (Lipinski definition) is 5. The minimum Gasteiger partial charge on any atom is -0.464 e. The van der Waals surface area contributed by atoms with Crippen LogP contribution < -0.4 is 22.7 Å². The number of nitrogens with two attached hydrogens (primary N) is 3. The lowest BCUT2D eigenvalue weighted by atomic mass is 10.2. The number of alkyl halides is 3. The third kappa shape index (κ3) is 29.8. The summed E-state index contributed by atoms with van der Waals surface area (Å²) in [6.45, 7) is 2.04. The van der Waals surface area contributed by atoms with Crippen molar-refractivity contribution in [2.45, 2.75) is 13.1 Å². The van der Waals surface area contributed by atoms with E-state index in [-0.39, 0.29) is 5.96 Å². The van der Waals surface area contributed by atoms with Gasteiger partial charge in [-0.15, -0.1) is 0 Å². The van der Waals surface area contributed by atoms with Crippen molar-refractivity contribution in [3.8, 4) is 0 Å². The van der Waals surface area contributed by atoms with Crippen LogP contribution in [0.15, 0.2) is 30.3 Å². The van der Waals surface area contributed by atoms with Crippen LogP contribution >= 0.6 is 11.6 Å². The molecule has 13 heteroatoms. The van der Waals surface area contributed by atoms with Gasteiger partial charge in [0.2, 0.25) is 0 Å². The van der Waals surface area contributed by atoms with E-state index in [0.29, 0.717) is 6.61 Å². The molecule has 1 rings (SSSR count). The number of halogens is 4. The summed E-state index contributed by atoms with van der Waals surface area (Å²) in [5.74, 6) is 3.99. The van der Waals surface area contributed by atoms with Crippen molar-refractivity contribution in [2.75, 3.05) is 6.61 Å². The van der Waals surface area contributed by atoms with Crippen LogP contribution in [0.3, 0.4) is 0 Å². The quantitative estimate of drug-likeness (QED) is 0.106. The Morgan fingerprint density at radius 3 is 1.76 bits per heavy atom. The molecule has 25 heavy (non-hydrogen) atoms. The molecule has 0 aliphatic carbocycles. The van der Waals surface area contributed by atoms with Gasteiger partial charge in [-0.25, -0.2) is 15.4 Å². The van der Waals surface area contributed by atoms with Crippen molar-refractivity contribution in [1.82, 2.24) is 5.43 Å². The maximum absolute atomic E-state index is 11.8. The summed E-state index contributed by atoms with van der Waals surface area (Å²) in [6, 6.07) is 6.36. The zero-order chi connectivity index (χ0) is 20.5. The molecule has 0 saturated carbocycles. The van der Waals surface area contributed by atoms with Crippen LogP contribution in [-0.4, -0.2) is 29.2 Å². The molecule has 0 bridgehead atoms. The molecule has 1 aromatic carbocycles. The number of guanidine groups is 1. The monoisotopic (exact) mass is 389 g/mol. The molecule has 0 aliphatic rings. The Hall–Kier alpha value is -2.73. The van der Waals surface area contributed by atoms with Gasteiger partial charge in [0.05, 0.1) is 12.2 Å². The third-order valence-electron chi connectivity index (χ3n) is 1.48. The summed E-state index contributed by atoms with van der Waals surface area (Å²) >= 11 is 4.72. The zero-order valence-corrected chi connectivity index (χ0v) is 13.8. The maximum Gasteiger partial charge on any atom is 0.418 e. The van der Waals surface area contributed by atoms with Crippen molar-refractivity contribution in [1.29, 1.82) is 5.41 Å². The van der Waals surface area contributed by atoms with Crippen molar-refractivity contribution >= 4 is 29.1 Å². The molecule has 0 aliphatic heterocycles. The zero-order valence-electron chi connectivity index (χ0n) is 13.0. The number of carbonyl (C=O) groups excluding carboxylic acids is 1. The molecule has 144 valence electrons. The fourth-order valence-electron chi connectivity index (χ4n) is 0.741. The molecule has 0 spiro atoms. The molecule has 1 amide bonds. The van der Waals surface area contributed by atoms with Gasteiger partial charge in [-0.2, -0.15) is 13.2 Å². The molecule has 0 saturated heterocycles. The number of amides is 1. The second kappa shape index (κ2) is 16.1. The van der Waals surface area contributed by atoms with Gasteiger partial charge in [0.15, 0.2) is 5.96 Å². The van der Waals surface area contributed by atoms with Crippen LogP contribution in [0.5, 0.6) is 0 Å². The molecule has 0 atom stereocenters. The van der Waals surface area contributed by atoms with E-state index in [1.54, 1.807) is 13.0 Å². The van der Waals surface area contributed by atoms with Gasteiger partial charge in [0.25, 0.3) is 0 Å². The number of rotatable bonds is 1. The molecule has 0 heterocycles. The largest absolute Gasteiger partial charge is 0.464 e. The van der Waals surface area contributed by atoms with Crippen LogP contribution in [0.2, 0.25) is 0 Å². The first kappa shape index (κ1) is 27.1. The van der Waals surface area contributed by atoms with Gasteiger partial charge in [-0.05, 0) is 6.92 Å². The van der Waals surface area contributed by atoms with Crippen LogP contribution in [0.25, 0.3) is 0 Å². The summed E-state index contributed by atoms with van der Waals surface area (Å²) in [5.41, 5.74) is 9.05. The summed E-state index contributed by atoms with van der Waals surface area (Å²) in [7, 11) is 0. The number of nitrogens with one attached hydrogen (secondary N) is 2. The second-order valence-electron chi connectivity index (χ2n) is 3.44. The van der Waals surface area contributed by atoms with E-state index in [9.17, 15) is 18.0 Å². The minimum atomic E-state index is -4.21. The lowest BCUT2D eigenvalue weighted by Crippen LogP contribution is -2.27. The SMILES string of the molecule is CCOC(=O)Cl.FC(F)(F)c1ccccc1.N=C(N)N.NNC(=O)O. The number of benzene rings is 1. The second-order valence-corrected chi connectivity index (χ2v) is 3.75. The van der Waals surface area contributed by atoms with E-state index in [0.717, 1.165) is 12.1 Å². The van der Waals surface area contributed by atoms with Crippen molar-refractivity contribution in [3.05, 3.63) is 35.9 Å². The molecule has 0 aromatic heterocycles. The van der Waals surface area contributed by atoms with E-state index in [1.165, 1.54) is 17.6 Å². The Kier molecular flexibility index (Phi) is 17.5. The Labute approximate surface area is 146 Å². The smallest absolute Gasteiger partial charge is 0.418 e. The van der Waals surface area contributed by atoms with Crippen LogP contribution in [0, 0.1) is 5.41 Å². The molecular weight excluding hydrogens is 371 g/mol. The minimum absolute atomic E-state index is 0.333. The summed E-state index contributed by atoms with van der Waals surface area (Å²) in [5, 5.41) is 13.5. The van der Waals surface area contributed by atoms with Gasteiger partial charge in [0, 0.05) is 11.6 Å². The van der Waals surface area contributed by atoms with E-state index >= 15 is 0 Å². The highest BCUT2D eigenvalue weighted by Crippen LogP contribution is 2.28. The number of carbonyl (C=O) groups is 2. The number of ether oxygens (including phenoxy) is 1. The molecule has 9 N–H and O–H groups in total. The molecule has 1 aromatic rings. The highest BCUT2D eigenvalue weighted by molar-refractivity contribution is 6.61. The van der Waals surface area contributed by atoms with Crippen molar-refractivity contribution < 1.29 is 32.6 Å². The summed E-state index contributed by atoms with van der Waals surface area (Å²) in [4.78, 5) is 18.7. The van der Waals surface area contributed by atoms with Crippen LogP contribution in [-0.2, 0) is 10.9 Å². The van der Waals surface area contributed by atoms with Gasteiger partial charge in [-0.3, -0.25) is 10.8 Å². The predicted molar refractivity (Wildman–Crippen MR) is 85.8 cm³/mol. The fraction of sp³-hybridized carbons (Fsp3) is 0.250. The van der Waals surface area contributed by atoms with Gasteiger partial charge in [0.1, 0.15) is 0 Å². The molecule has 9 nitrogen and oxygen atoms in total. The summed E-state index contributed by atoms with van der Waals surface area (Å²) < 4.78 is 39.5. The van der Waals surface area contributed by atoms with Crippen molar-refractivity contribution in [2.24, 2.45) is 17.3 Å². The van der Waals surface area contributed by atoms with E-state index in [2.05, 4.69) is 22.0 Å². The van der Waals surface area contributed by atoms with Gasteiger partial charge in [-0.1, -0.05) is 30.3 Å². The van der Waals surface area contributed by atoms with Gasteiger partial charge >= 0.3 is 17.7 Å². The Balaban J connectivity index is -0.000000280. The highest BCUT2D eigenvalue weighted by Gasteiger charge is 2.29. The van der Waals surface area contributed by atoms with E-state index in [4.69, 9.17) is 26.9 Å². The standard InChI is InChI=1S/C7H5F3.C3H5ClO2.CH5N3.CH4N2O2/c8-7(9,10)6-4-2-1-3-5-6;1-2-6-3(4)5;2-1(3)4;2-3-1(4)5/h1-5H;2H2,1H3;(H5,2,3,4);3H,2H2,(H,4,5). The lowest BCUT2D eigenvalue weighted by molar-refractivity contribution is -0.137. The number of hydrazine groups is 1. The Morgan fingerprint density at radius 1 is 1.28 bits per heavy atom. The van der Waals surface area contributed by atoms with Crippen molar-refractivity contribution in [3.63, 3.8) is 0 Å². The molecule has 0 unspecified atom stereocenters. The first-order valence-electron chi connectivity index (χ1n) is 6.11. The Morgan fingerprint density at radius 2 is 1.64 bits per heavy atom. The first-order valence-corrected chi connectivity index (χ1v) is 6.49. The predicted octanol–water partition coefficient (Wildman–Crippen LogP) is 2.05. The van der Waals surface area contributed by atoms with Gasteiger partial charge < -0.3 is 21.3 Å². The third-order valence-corrected chi connectivity index (χ3v) is 1.59. The topological polar surface area (TPSA) is 178 Å². The average Bonchev–Trinajstić information content (AvgIpc) is 2.48. The average molecular weight is 390 g/mol. The fourth-order valence-corrected chi connectivity index (χ4v) is 0.850. The first-order chi connectivity index (χ1) is 11.4. The highest BCUT2D eigenvalue weighted by atomic mass is 35.5. The number of carboxylic acid groups (broad SMARTS) is 1. The summed E-state index contributed by atoms with van der Waals surface area (Å²) in [6.07, 6.45) is -5.42. The molecule has 0 fully saturated rings. The molecular formula is C12H19ClF3N5O4. The maximum atomic E-state index is 11.8. The molecule has 0 radical (unpaired) electrons. The number of hydrogen-bond donors (Lipinski definition) is 6. The van der Waals surface area contributed by atoms with Crippen LogP contribution in [0.1, 0.15) is 12.5 Å². The van der Waals surface area contributed by atoms with E-state index < -0.39 is 23.3 Å². The van der Waals surface area contributed by atoms with Crippen LogP contribution in [0.4, 0.5) is 22.8 Å². The normalized spacial score (nSPS) is 8.72. The Bertz CT molecular complexity index is 499.